The quantitative estimate of drug-likeness (QED) is 0.492. The molecule has 1 N–H and O–H groups in total. The maximum absolute atomic E-state index is 5.36. The largest absolute Gasteiger partial charge is 0.296 e. The first-order valence-corrected chi connectivity index (χ1v) is 4.97. The summed E-state index contributed by atoms with van der Waals surface area (Å²) in [4.78, 5) is 5.36. The van der Waals surface area contributed by atoms with Crippen LogP contribution in [0.25, 0.3) is 0 Å². The summed E-state index contributed by atoms with van der Waals surface area (Å²) in [6, 6.07) is 0. The third-order valence-corrected chi connectivity index (χ3v) is 1.51. The van der Waals surface area contributed by atoms with Gasteiger partial charge in [-0.05, 0) is 27.2 Å². The molecular weight excluding hydrogens is 150 g/mol. The van der Waals surface area contributed by atoms with Crippen LogP contribution in [0.3, 0.4) is 0 Å². The van der Waals surface area contributed by atoms with Gasteiger partial charge in [0.25, 0.3) is 0 Å². The van der Waals surface area contributed by atoms with Crippen molar-refractivity contribution < 1.29 is 4.84 Å². The molecule has 0 bridgehead atoms. The molecule has 0 aliphatic rings. The Balaban J connectivity index is 3.01. The maximum atomic E-state index is 5.36. The van der Waals surface area contributed by atoms with Gasteiger partial charge in [0.1, 0.15) is 0 Å². The zero-order valence-corrected chi connectivity index (χ0v) is 8.94. The van der Waals surface area contributed by atoms with Crippen molar-refractivity contribution >= 4 is 0 Å². The Hall–Kier alpha value is -0.0800. The van der Waals surface area contributed by atoms with Gasteiger partial charge in [-0.3, -0.25) is 4.84 Å². The van der Waals surface area contributed by atoms with E-state index in [4.69, 9.17) is 4.84 Å². The van der Waals surface area contributed by atoms with Crippen LogP contribution in [0.4, 0.5) is 0 Å². The molecule has 0 aliphatic heterocycles. The number of hydrogen-bond donors (Lipinski definition) is 1. The summed E-state index contributed by atoms with van der Waals surface area (Å²) in [7, 11) is 0. The van der Waals surface area contributed by atoms with Crippen molar-refractivity contribution in [2.45, 2.75) is 59.0 Å². The molecule has 0 aromatic heterocycles. The number of hydroxylamine groups is 1. The molecule has 0 unspecified atom stereocenters. The highest BCUT2D eigenvalue weighted by Gasteiger charge is 2.08. The van der Waals surface area contributed by atoms with Crippen LogP contribution in [0, 0.1) is 0 Å². The van der Waals surface area contributed by atoms with E-state index in [0.717, 1.165) is 6.54 Å². The van der Waals surface area contributed by atoms with Gasteiger partial charge in [-0.1, -0.05) is 26.2 Å². The molecular formula is C10H23NO. The van der Waals surface area contributed by atoms with E-state index in [1.165, 1.54) is 25.7 Å². The number of nitrogens with one attached hydrogen (secondary N) is 1. The first-order chi connectivity index (χ1) is 5.56. The molecule has 0 saturated heterocycles. The average Bonchev–Trinajstić information content (AvgIpc) is 1.94. The van der Waals surface area contributed by atoms with Gasteiger partial charge in [0.2, 0.25) is 0 Å². The Labute approximate surface area is 76.6 Å². The molecule has 0 heterocycles. The SMILES string of the molecule is CCCCCCNOC(C)(C)C. The van der Waals surface area contributed by atoms with E-state index >= 15 is 0 Å². The Morgan fingerprint density at radius 3 is 2.25 bits per heavy atom. The van der Waals surface area contributed by atoms with E-state index < -0.39 is 0 Å². The second kappa shape index (κ2) is 6.44. The van der Waals surface area contributed by atoms with Gasteiger partial charge in [-0.25, -0.2) is 5.48 Å². The number of rotatable bonds is 6. The minimum atomic E-state index is -0.0647. The first-order valence-electron chi connectivity index (χ1n) is 4.97. The first kappa shape index (κ1) is 11.9. The summed E-state index contributed by atoms with van der Waals surface area (Å²) in [5.74, 6) is 0. The molecule has 0 atom stereocenters. The normalized spacial score (nSPS) is 12.0. The van der Waals surface area contributed by atoms with Gasteiger partial charge in [0.05, 0.1) is 5.60 Å². The third-order valence-electron chi connectivity index (χ3n) is 1.51. The monoisotopic (exact) mass is 173 g/mol. The molecule has 12 heavy (non-hydrogen) atoms. The fourth-order valence-electron chi connectivity index (χ4n) is 0.891. The molecule has 0 aromatic carbocycles. The van der Waals surface area contributed by atoms with Gasteiger partial charge in [0, 0.05) is 6.54 Å². The molecule has 0 fully saturated rings. The van der Waals surface area contributed by atoms with Gasteiger partial charge >= 0.3 is 0 Å². The fourth-order valence-corrected chi connectivity index (χ4v) is 0.891. The van der Waals surface area contributed by atoms with Crippen LogP contribution in [0.5, 0.6) is 0 Å². The lowest BCUT2D eigenvalue weighted by Crippen LogP contribution is -2.29. The number of unbranched alkanes of at least 4 members (excludes halogenated alkanes) is 3. The van der Waals surface area contributed by atoms with E-state index in [0.29, 0.717) is 0 Å². The minimum Gasteiger partial charge on any atom is -0.296 e. The highest BCUT2D eigenvalue weighted by Crippen LogP contribution is 2.04. The topological polar surface area (TPSA) is 21.3 Å². The van der Waals surface area contributed by atoms with E-state index in [1.54, 1.807) is 0 Å². The van der Waals surface area contributed by atoms with E-state index in [-0.39, 0.29) is 5.60 Å². The lowest BCUT2D eigenvalue weighted by molar-refractivity contribution is -0.0726. The summed E-state index contributed by atoms with van der Waals surface area (Å²) in [6.45, 7) is 9.33. The lowest BCUT2D eigenvalue weighted by Gasteiger charge is -2.19. The van der Waals surface area contributed by atoms with E-state index in [2.05, 4.69) is 12.4 Å². The average molecular weight is 173 g/mol. The van der Waals surface area contributed by atoms with Gasteiger partial charge < -0.3 is 0 Å². The highest BCUT2D eigenvalue weighted by atomic mass is 16.7. The van der Waals surface area contributed by atoms with Crippen molar-refractivity contribution in [1.29, 1.82) is 0 Å². The summed E-state index contributed by atoms with van der Waals surface area (Å²) in [5.41, 5.74) is 2.92. The molecule has 2 nitrogen and oxygen atoms in total. The molecule has 0 saturated carbocycles. The standard InChI is InChI=1S/C10H23NO/c1-5-6-7-8-9-11-12-10(2,3)4/h11H,5-9H2,1-4H3. The lowest BCUT2D eigenvalue weighted by atomic mass is 10.2. The number of hydrogen-bond acceptors (Lipinski definition) is 2. The van der Waals surface area contributed by atoms with Crippen LogP contribution in [-0.4, -0.2) is 12.1 Å². The van der Waals surface area contributed by atoms with Crippen LogP contribution < -0.4 is 5.48 Å². The second-order valence-corrected chi connectivity index (χ2v) is 4.17. The molecule has 74 valence electrons. The molecule has 0 rings (SSSR count). The molecule has 0 amide bonds. The smallest absolute Gasteiger partial charge is 0.0812 e. The zero-order valence-electron chi connectivity index (χ0n) is 8.94. The van der Waals surface area contributed by atoms with Crippen LogP contribution in [-0.2, 0) is 4.84 Å². The van der Waals surface area contributed by atoms with Crippen LogP contribution in [0.2, 0.25) is 0 Å². The van der Waals surface area contributed by atoms with Crippen molar-refractivity contribution in [2.24, 2.45) is 0 Å². The second-order valence-electron chi connectivity index (χ2n) is 4.17. The molecule has 0 radical (unpaired) electrons. The van der Waals surface area contributed by atoms with Crippen molar-refractivity contribution in [3.05, 3.63) is 0 Å². The predicted molar refractivity (Wildman–Crippen MR) is 53.0 cm³/mol. The highest BCUT2D eigenvalue weighted by molar-refractivity contribution is 4.56. The van der Waals surface area contributed by atoms with Crippen molar-refractivity contribution in [3.63, 3.8) is 0 Å². The minimum absolute atomic E-state index is 0.0647. The van der Waals surface area contributed by atoms with Crippen molar-refractivity contribution in [1.82, 2.24) is 5.48 Å². The molecule has 0 aromatic rings. The Bertz CT molecular complexity index is 96.5. The van der Waals surface area contributed by atoms with Gasteiger partial charge in [-0.15, -0.1) is 0 Å². The fraction of sp³-hybridized carbons (Fsp3) is 1.00. The molecule has 0 aliphatic carbocycles. The van der Waals surface area contributed by atoms with Crippen molar-refractivity contribution in [3.8, 4) is 0 Å². The summed E-state index contributed by atoms with van der Waals surface area (Å²) < 4.78 is 0. The zero-order chi connectivity index (χ0) is 9.45. The van der Waals surface area contributed by atoms with E-state index in [1.807, 2.05) is 20.8 Å². The summed E-state index contributed by atoms with van der Waals surface area (Å²) >= 11 is 0. The maximum Gasteiger partial charge on any atom is 0.0812 e. The van der Waals surface area contributed by atoms with Gasteiger partial charge in [0.15, 0.2) is 0 Å². The van der Waals surface area contributed by atoms with Crippen LogP contribution in [0.1, 0.15) is 53.4 Å². The Morgan fingerprint density at radius 2 is 1.75 bits per heavy atom. The predicted octanol–water partition coefficient (Wildman–Crippen LogP) is 2.89. The Kier molecular flexibility index (Phi) is 6.39. The Morgan fingerprint density at radius 1 is 1.08 bits per heavy atom. The summed E-state index contributed by atoms with van der Waals surface area (Å²) in [6.07, 6.45) is 5.14. The van der Waals surface area contributed by atoms with Gasteiger partial charge in [-0.2, -0.15) is 0 Å². The van der Waals surface area contributed by atoms with Crippen LogP contribution >= 0.6 is 0 Å². The van der Waals surface area contributed by atoms with E-state index in [9.17, 15) is 0 Å². The summed E-state index contributed by atoms with van der Waals surface area (Å²) in [5, 5.41) is 0. The van der Waals surface area contributed by atoms with Crippen molar-refractivity contribution in [2.75, 3.05) is 6.54 Å². The van der Waals surface area contributed by atoms with Crippen LogP contribution in [0.15, 0.2) is 0 Å². The molecule has 0 spiro atoms. The molecule has 2 heteroatoms. The third kappa shape index (κ3) is 9.92.